The van der Waals surface area contributed by atoms with Crippen LogP contribution in [0, 0.1) is 0 Å². The number of nitrogens with two attached hydrogens (primary N) is 1. The summed E-state index contributed by atoms with van der Waals surface area (Å²) < 4.78 is 24.7. The van der Waals surface area contributed by atoms with E-state index >= 15 is 0 Å². The third-order valence-electron chi connectivity index (χ3n) is 2.01. The van der Waals surface area contributed by atoms with E-state index in [2.05, 4.69) is 21.0 Å². The summed E-state index contributed by atoms with van der Waals surface area (Å²) in [5, 5.41) is 9.74. The molecule has 1 aromatic carbocycles. The fraction of sp³-hybridized carbons (Fsp3) is 0.125. The molecule has 0 amide bonds. The van der Waals surface area contributed by atoms with Gasteiger partial charge in [-0.2, -0.15) is 5.10 Å². The average Bonchev–Trinajstić information content (AvgIpc) is 2.38. The molecule has 0 bridgehead atoms. The van der Waals surface area contributed by atoms with Gasteiger partial charge in [0, 0.05) is 16.9 Å². The molecule has 0 spiro atoms. The summed E-state index contributed by atoms with van der Waals surface area (Å²) in [6.45, 7) is 0. The minimum Gasteiger partial charge on any atom is -0.255 e. The molecule has 15 heavy (non-hydrogen) atoms. The van der Waals surface area contributed by atoms with Gasteiger partial charge >= 0.3 is 0 Å². The van der Waals surface area contributed by atoms with Crippen LogP contribution in [0.15, 0.2) is 27.7 Å². The quantitative estimate of drug-likeness (QED) is 0.850. The van der Waals surface area contributed by atoms with Crippen molar-refractivity contribution in [3.63, 3.8) is 0 Å². The first-order chi connectivity index (χ1) is 6.89. The fourth-order valence-electron chi connectivity index (χ4n) is 1.49. The number of halogens is 1. The average molecular weight is 290 g/mol. The Hall–Kier alpha value is -0.920. The zero-order valence-corrected chi connectivity index (χ0v) is 10.2. The van der Waals surface area contributed by atoms with Crippen molar-refractivity contribution in [3.8, 4) is 0 Å². The highest BCUT2D eigenvalue weighted by Gasteiger charge is 2.18. The van der Waals surface area contributed by atoms with Gasteiger partial charge in [-0.05, 0) is 18.2 Å². The number of aryl methyl sites for hydroxylation is 1. The maximum Gasteiger partial charge on any atom is 0.255 e. The Kier molecular flexibility index (Phi) is 2.32. The third kappa shape index (κ3) is 1.77. The largest absolute Gasteiger partial charge is 0.255 e. The van der Waals surface area contributed by atoms with Crippen LogP contribution >= 0.6 is 15.9 Å². The van der Waals surface area contributed by atoms with Crippen LogP contribution in [-0.4, -0.2) is 18.2 Å². The van der Waals surface area contributed by atoms with Gasteiger partial charge in [0.25, 0.3) is 10.0 Å². The summed E-state index contributed by atoms with van der Waals surface area (Å²) in [5.74, 6) is 0. The monoisotopic (exact) mass is 289 g/mol. The molecule has 0 radical (unpaired) electrons. The topological polar surface area (TPSA) is 78.0 Å². The van der Waals surface area contributed by atoms with Crippen LogP contribution in [-0.2, 0) is 17.1 Å². The first-order valence-electron chi connectivity index (χ1n) is 4.04. The predicted molar refractivity (Wildman–Crippen MR) is 59.8 cm³/mol. The molecule has 0 aliphatic rings. The van der Waals surface area contributed by atoms with Crippen molar-refractivity contribution < 1.29 is 8.42 Å². The summed E-state index contributed by atoms with van der Waals surface area (Å²) in [5.41, 5.74) is 0.593. The van der Waals surface area contributed by atoms with Crippen LogP contribution < -0.4 is 5.14 Å². The van der Waals surface area contributed by atoms with Gasteiger partial charge in [0.1, 0.15) is 0 Å². The van der Waals surface area contributed by atoms with Gasteiger partial charge in [-0.25, -0.2) is 13.6 Å². The SMILES string of the molecule is Cn1nc2cc(Br)ccc2c1S(N)(=O)=O. The second-order valence-corrected chi connectivity index (χ2v) is 5.53. The van der Waals surface area contributed by atoms with Crippen molar-refractivity contribution in [3.05, 3.63) is 22.7 Å². The molecule has 2 aromatic rings. The Morgan fingerprint density at radius 2 is 2.13 bits per heavy atom. The van der Waals surface area contributed by atoms with Crippen molar-refractivity contribution in [2.75, 3.05) is 0 Å². The normalized spacial score (nSPS) is 12.2. The van der Waals surface area contributed by atoms with Crippen molar-refractivity contribution in [1.82, 2.24) is 9.78 Å². The molecule has 0 unspecified atom stereocenters. The minimum absolute atomic E-state index is 0.0324. The zero-order chi connectivity index (χ0) is 11.2. The molecule has 2 N–H and O–H groups in total. The maximum atomic E-state index is 11.3. The lowest BCUT2D eigenvalue weighted by atomic mass is 10.3. The van der Waals surface area contributed by atoms with E-state index in [0.29, 0.717) is 10.9 Å². The van der Waals surface area contributed by atoms with Gasteiger partial charge in [-0.15, -0.1) is 0 Å². The first kappa shape index (κ1) is 10.6. The lowest BCUT2D eigenvalue weighted by Gasteiger charge is -1.97. The highest BCUT2D eigenvalue weighted by atomic mass is 79.9. The van der Waals surface area contributed by atoms with Crippen LogP contribution in [0.3, 0.4) is 0 Å². The molecule has 2 rings (SSSR count). The molecule has 0 saturated heterocycles. The van der Waals surface area contributed by atoms with Gasteiger partial charge in [0.2, 0.25) is 0 Å². The molecule has 0 aliphatic carbocycles. The number of aromatic nitrogens is 2. The Morgan fingerprint density at radius 3 is 2.73 bits per heavy atom. The van der Waals surface area contributed by atoms with E-state index in [0.717, 1.165) is 4.47 Å². The van der Waals surface area contributed by atoms with Gasteiger partial charge in [0.15, 0.2) is 5.03 Å². The van der Waals surface area contributed by atoms with Crippen molar-refractivity contribution in [2.45, 2.75) is 5.03 Å². The Balaban J connectivity index is 2.92. The summed E-state index contributed by atoms with van der Waals surface area (Å²) in [4.78, 5) is 0. The van der Waals surface area contributed by atoms with E-state index < -0.39 is 10.0 Å². The summed E-state index contributed by atoms with van der Waals surface area (Å²) >= 11 is 3.29. The summed E-state index contributed by atoms with van der Waals surface area (Å²) in [6.07, 6.45) is 0. The molecule has 0 atom stereocenters. The lowest BCUT2D eigenvalue weighted by Crippen LogP contribution is -2.16. The van der Waals surface area contributed by atoms with Gasteiger partial charge in [-0.1, -0.05) is 15.9 Å². The molecule has 0 aliphatic heterocycles. The van der Waals surface area contributed by atoms with Crippen LogP contribution in [0.5, 0.6) is 0 Å². The molecular weight excluding hydrogens is 282 g/mol. The number of hydrogen-bond acceptors (Lipinski definition) is 3. The fourth-order valence-corrected chi connectivity index (χ4v) is 2.72. The van der Waals surface area contributed by atoms with Crippen molar-refractivity contribution in [1.29, 1.82) is 0 Å². The molecule has 0 fully saturated rings. The Morgan fingerprint density at radius 1 is 1.47 bits per heavy atom. The number of benzene rings is 1. The second kappa shape index (κ2) is 3.29. The molecule has 1 aromatic heterocycles. The molecule has 1 heterocycles. The van der Waals surface area contributed by atoms with E-state index in [1.165, 1.54) is 4.68 Å². The molecular formula is C8H8BrN3O2S. The Bertz CT molecular complexity index is 633. The molecule has 80 valence electrons. The van der Waals surface area contributed by atoms with Crippen molar-refractivity contribution in [2.24, 2.45) is 12.2 Å². The van der Waals surface area contributed by atoms with E-state index in [9.17, 15) is 8.42 Å². The minimum atomic E-state index is -3.74. The molecule has 7 heteroatoms. The van der Waals surface area contributed by atoms with Crippen molar-refractivity contribution >= 4 is 36.9 Å². The number of sulfonamides is 1. The summed E-state index contributed by atoms with van der Waals surface area (Å²) in [7, 11) is -2.20. The predicted octanol–water partition coefficient (Wildman–Crippen LogP) is 0.983. The standard InChI is InChI=1S/C8H8BrN3O2S/c1-12-8(15(10,13)14)6-3-2-5(9)4-7(6)11-12/h2-4H,1H3,(H2,10,13,14). The van der Waals surface area contributed by atoms with Gasteiger partial charge in [-0.3, -0.25) is 4.68 Å². The molecule has 5 nitrogen and oxygen atoms in total. The number of fused-ring (bicyclic) bond motifs is 1. The van der Waals surface area contributed by atoms with Crippen LogP contribution in [0.4, 0.5) is 0 Å². The number of nitrogens with zero attached hydrogens (tertiary/aromatic N) is 2. The maximum absolute atomic E-state index is 11.3. The van der Waals surface area contributed by atoms with Gasteiger partial charge in [0.05, 0.1) is 5.52 Å². The highest BCUT2D eigenvalue weighted by Crippen LogP contribution is 2.24. The summed E-state index contributed by atoms with van der Waals surface area (Å²) in [6, 6.07) is 5.16. The first-order valence-corrected chi connectivity index (χ1v) is 6.38. The highest BCUT2D eigenvalue weighted by molar-refractivity contribution is 9.10. The zero-order valence-electron chi connectivity index (χ0n) is 7.81. The van der Waals surface area contributed by atoms with Crippen LogP contribution in [0.1, 0.15) is 0 Å². The second-order valence-electron chi connectivity index (χ2n) is 3.14. The van der Waals surface area contributed by atoms with Crippen LogP contribution in [0.2, 0.25) is 0 Å². The molecule has 0 saturated carbocycles. The Labute approximate surface area is 95.1 Å². The lowest BCUT2D eigenvalue weighted by molar-refractivity contribution is 0.581. The van der Waals surface area contributed by atoms with Crippen LogP contribution in [0.25, 0.3) is 10.9 Å². The number of hydrogen-bond donors (Lipinski definition) is 1. The van der Waals surface area contributed by atoms with E-state index in [4.69, 9.17) is 5.14 Å². The third-order valence-corrected chi connectivity index (χ3v) is 3.53. The van der Waals surface area contributed by atoms with E-state index in [-0.39, 0.29) is 5.03 Å². The van der Waals surface area contributed by atoms with Gasteiger partial charge < -0.3 is 0 Å². The smallest absolute Gasteiger partial charge is 0.255 e. The van der Waals surface area contributed by atoms with E-state index in [1.54, 1.807) is 25.2 Å². The number of rotatable bonds is 1. The van der Waals surface area contributed by atoms with E-state index in [1.807, 2.05) is 0 Å². The number of primary sulfonamides is 1.